The minimum absolute atomic E-state index is 0.756. The van der Waals surface area contributed by atoms with Crippen molar-refractivity contribution < 1.29 is 4.74 Å². The number of halogens is 1. The molecule has 102 valence electrons. The monoisotopic (exact) mass is 323 g/mol. The van der Waals surface area contributed by atoms with E-state index in [9.17, 15) is 0 Å². The Hall–Kier alpha value is -1.33. The van der Waals surface area contributed by atoms with E-state index in [1.54, 1.807) is 13.3 Å². The lowest BCUT2D eigenvalue weighted by Crippen LogP contribution is -2.05. The molecule has 0 fully saturated rings. The Morgan fingerprint density at radius 1 is 1.42 bits per heavy atom. The van der Waals surface area contributed by atoms with Crippen LogP contribution in [0.4, 0.5) is 11.6 Å². The van der Waals surface area contributed by atoms with E-state index in [4.69, 9.17) is 4.74 Å². The van der Waals surface area contributed by atoms with E-state index in [2.05, 4.69) is 43.8 Å². The lowest BCUT2D eigenvalue weighted by molar-refractivity contribution is 0.190. The first kappa shape index (κ1) is 14.1. The van der Waals surface area contributed by atoms with E-state index in [0.29, 0.717) is 0 Å². The van der Waals surface area contributed by atoms with E-state index >= 15 is 0 Å². The first-order valence-electron chi connectivity index (χ1n) is 6.24. The summed E-state index contributed by atoms with van der Waals surface area (Å²) in [5.41, 5.74) is 2.22. The molecule has 0 bridgehead atoms. The fourth-order valence-corrected chi connectivity index (χ4v) is 2.22. The van der Waals surface area contributed by atoms with Gasteiger partial charge in [0.2, 0.25) is 5.95 Å². The number of nitrogens with zero attached hydrogens (tertiary/aromatic N) is 2. The van der Waals surface area contributed by atoms with Gasteiger partial charge < -0.3 is 14.6 Å². The number of benzene rings is 1. The van der Waals surface area contributed by atoms with Crippen LogP contribution in [-0.4, -0.2) is 23.3 Å². The molecule has 1 aromatic carbocycles. The van der Waals surface area contributed by atoms with Crippen LogP contribution in [0.5, 0.6) is 0 Å². The van der Waals surface area contributed by atoms with Gasteiger partial charge in [-0.25, -0.2) is 4.98 Å². The Bertz CT molecular complexity index is 539. The van der Waals surface area contributed by atoms with Crippen LogP contribution in [0, 0.1) is 6.92 Å². The molecule has 4 nitrogen and oxygen atoms in total. The molecular weight excluding hydrogens is 306 g/mol. The average molecular weight is 324 g/mol. The number of hydrogen-bond acceptors (Lipinski definition) is 3. The maximum atomic E-state index is 5.07. The van der Waals surface area contributed by atoms with Crippen molar-refractivity contribution in [1.82, 2.24) is 9.55 Å². The SMILES string of the molecule is COCCCn1ccnc1Nc1cccc(C)c1Br. The molecule has 0 saturated carbocycles. The third-order valence-electron chi connectivity index (χ3n) is 2.90. The number of anilines is 2. The normalized spacial score (nSPS) is 10.7. The molecule has 0 aliphatic carbocycles. The van der Waals surface area contributed by atoms with Gasteiger partial charge in [0, 0.05) is 37.1 Å². The Morgan fingerprint density at radius 2 is 2.26 bits per heavy atom. The fraction of sp³-hybridized carbons (Fsp3) is 0.357. The Morgan fingerprint density at radius 3 is 3.05 bits per heavy atom. The van der Waals surface area contributed by atoms with E-state index in [-0.39, 0.29) is 0 Å². The number of nitrogens with one attached hydrogen (secondary N) is 1. The van der Waals surface area contributed by atoms with Crippen molar-refractivity contribution >= 4 is 27.6 Å². The van der Waals surface area contributed by atoms with Gasteiger partial charge in [0.05, 0.1) is 5.69 Å². The Kier molecular flexibility index (Phi) is 4.99. The van der Waals surface area contributed by atoms with Gasteiger partial charge in [-0.3, -0.25) is 0 Å². The number of aryl methyl sites for hydroxylation is 2. The minimum atomic E-state index is 0.756. The molecule has 1 N–H and O–H groups in total. The van der Waals surface area contributed by atoms with Crippen molar-refractivity contribution in [2.75, 3.05) is 19.0 Å². The predicted octanol–water partition coefficient (Wildman–Crippen LogP) is 3.73. The molecule has 0 aliphatic heterocycles. The molecular formula is C14H18BrN3O. The molecule has 1 heterocycles. The zero-order valence-electron chi connectivity index (χ0n) is 11.2. The van der Waals surface area contributed by atoms with Crippen molar-refractivity contribution in [3.63, 3.8) is 0 Å². The molecule has 0 unspecified atom stereocenters. The molecule has 2 rings (SSSR count). The number of ether oxygens (including phenoxy) is 1. The fourth-order valence-electron chi connectivity index (χ4n) is 1.86. The predicted molar refractivity (Wildman–Crippen MR) is 80.9 cm³/mol. The number of imidazole rings is 1. The zero-order chi connectivity index (χ0) is 13.7. The maximum absolute atomic E-state index is 5.07. The molecule has 0 aliphatic rings. The van der Waals surface area contributed by atoms with Crippen molar-refractivity contribution in [3.8, 4) is 0 Å². The van der Waals surface area contributed by atoms with Gasteiger partial charge in [0.15, 0.2) is 0 Å². The molecule has 2 aromatic rings. The topological polar surface area (TPSA) is 39.1 Å². The van der Waals surface area contributed by atoms with Crippen LogP contribution < -0.4 is 5.32 Å². The van der Waals surface area contributed by atoms with Gasteiger partial charge in [-0.15, -0.1) is 0 Å². The van der Waals surface area contributed by atoms with Crippen molar-refractivity contribution in [2.24, 2.45) is 0 Å². The van der Waals surface area contributed by atoms with Gasteiger partial charge >= 0.3 is 0 Å². The number of hydrogen-bond donors (Lipinski definition) is 1. The highest BCUT2D eigenvalue weighted by Gasteiger charge is 2.06. The summed E-state index contributed by atoms with van der Waals surface area (Å²) in [5, 5.41) is 3.35. The third kappa shape index (κ3) is 3.58. The molecule has 19 heavy (non-hydrogen) atoms. The minimum Gasteiger partial charge on any atom is -0.385 e. The molecule has 0 radical (unpaired) electrons. The highest BCUT2D eigenvalue weighted by Crippen LogP contribution is 2.28. The summed E-state index contributed by atoms with van der Waals surface area (Å²) in [6.45, 7) is 3.71. The largest absolute Gasteiger partial charge is 0.385 e. The summed E-state index contributed by atoms with van der Waals surface area (Å²) in [4.78, 5) is 4.35. The highest BCUT2D eigenvalue weighted by molar-refractivity contribution is 9.10. The molecule has 0 saturated heterocycles. The molecule has 0 atom stereocenters. The summed E-state index contributed by atoms with van der Waals surface area (Å²) in [7, 11) is 1.72. The summed E-state index contributed by atoms with van der Waals surface area (Å²) in [6, 6.07) is 6.13. The van der Waals surface area contributed by atoms with Crippen LogP contribution in [-0.2, 0) is 11.3 Å². The van der Waals surface area contributed by atoms with Crippen LogP contribution >= 0.6 is 15.9 Å². The van der Waals surface area contributed by atoms with E-state index in [0.717, 1.165) is 35.7 Å². The summed E-state index contributed by atoms with van der Waals surface area (Å²) >= 11 is 3.59. The van der Waals surface area contributed by atoms with Crippen molar-refractivity contribution in [1.29, 1.82) is 0 Å². The van der Waals surface area contributed by atoms with Crippen LogP contribution in [0.2, 0.25) is 0 Å². The summed E-state index contributed by atoms with van der Waals surface area (Å²) < 4.78 is 8.23. The van der Waals surface area contributed by atoms with E-state index in [1.807, 2.05) is 18.3 Å². The number of aromatic nitrogens is 2. The van der Waals surface area contributed by atoms with Gasteiger partial charge in [-0.2, -0.15) is 0 Å². The van der Waals surface area contributed by atoms with E-state index in [1.165, 1.54) is 5.56 Å². The van der Waals surface area contributed by atoms with E-state index < -0.39 is 0 Å². The first-order valence-corrected chi connectivity index (χ1v) is 7.04. The van der Waals surface area contributed by atoms with Crippen LogP contribution in [0.1, 0.15) is 12.0 Å². The Labute approximate surface area is 121 Å². The van der Waals surface area contributed by atoms with Crippen LogP contribution in [0.3, 0.4) is 0 Å². The second kappa shape index (κ2) is 6.73. The number of rotatable bonds is 6. The van der Waals surface area contributed by atoms with Crippen molar-refractivity contribution in [3.05, 3.63) is 40.6 Å². The molecule has 1 aromatic heterocycles. The molecule has 0 amide bonds. The quantitative estimate of drug-likeness (QED) is 0.823. The Balaban J connectivity index is 2.11. The zero-order valence-corrected chi connectivity index (χ0v) is 12.8. The third-order valence-corrected chi connectivity index (χ3v) is 3.95. The van der Waals surface area contributed by atoms with Gasteiger partial charge in [-0.1, -0.05) is 12.1 Å². The first-order chi connectivity index (χ1) is 9.22. The van der Waals surface area contributed by atoms with Crippen LogP contribution in [0.15, 0.2) is 35.1 Å². The highest BCUT2D eigenvalue weighted by atomic mass is 79.9. The van der Waals surface area contributed by atoms with Gasteiger partial charge in [-0.05, 0) is 40.9 Å². The summed E-state index contributed by atoms with van der Waals surface area (Å²) in [5.74, 6) is 0.849. The number of methoxy groups -OCH3 is 1. The summed E-state index contributed by atoms with van der Waals surface area (Å²) in [6.07, 6.45) is 4.75. The smallest absolute Gasteiger partial charge is 0.207 e. The second-order valence-corrected chi connectivity index (χ2v) is 5.15. The lowest BCUT2D eigenvalue weighted by Gasteiger charge is -2.12. The second-order valence-electron chi connectivity index (χ2n) is 4.35. The average Bonchev–Trinajstić information content (AvgIpc) is 2.83. The lowest BCUT2D eigenvalue weighted by atomic mass is 10.2. The van der Waals surface area contributed by atoms with Crippen molar-refractivity contribution in [2.45, 2.75) is 19.9 Å². The molecule has 0 spiro atoms. The molecule has 5 heteroatoms. The maximum Gasteiger partial charge on any atom is 0.207 e. The standard InChI is InChI=1S/C14H18BrN3O/c1-11-5-3-6-12(13(11)15)17-14-16-7-9-18(14)8-4-10-19-2/h3,5-7,9H,4,8,10H2,1-2H3,(H,16,17). The van der Waals surface area contributed by atoms with Gasteiger partial charge in [0.1, 0.15) is 0 Å². The van der Waals surface area contributed by atoms with Gasteiger partial charge in [0.25, 0.3) is 0 Å². The van der Waals surface area contributed by atoms with Crippen LogP contribution in [0.25, 0.3) is 0 Å².